The number of hydrogen-bond acceptors (Lipinski definition) is 7. The van der Waals surface area contributed by atoms with E-state index in [1.807, 2.05) is 38.1 Å². The van der Waals surface area contributed by atoms with Gasteiger partial charge in [0, 0.05) is 29.7 Å². The summed E-state index contributed by atoms with van der Waals surface area (Å²) in [6.45, 7) is 5.04. The number of guanidine groups is 1. The first-order valence-corrected chi connectivity index (χ1v) is 13.0. The van der Waals surface area contributed by atoms with Gasteiger partial charge in [0.25, 0.3) is 0 Å². The highest BCUT2D eigenvalue weighted by Crippen LogP contribution is 2.26. The number of urea groups is 1. The lowest BCUT2D eigenvalue weighted by Gasteiger charge is -2.44. The lowest BCUT2D eigenvalue weighted by molar-refractivity contribution is -0.264. The second-order valence-electron chi connectivity index (χ2n) is 9.77. The number of nitrogens with one attached hydrogen (secondary N) is 1. The summed E-state index contributed by atoms with van der Waals surface area (Å²) in [5.74, 6) is 0.522. The van der Waals surface area contributed by atoms with Crippen LogP contribution in [0.2, 0.25) is 5.02 Å². The normalized spacial score (nSPS) is 20.7. The third-order valence-electron chi connectivity index (χ3n) is 6.30. The molecule has 2 aliphatic heterocycles. The molecule has 2 amide bonds. The predicted molar refractivity (Wildman–Crippen MR) is 146 cm³/mol. The number of halogens is 1. The zero-order valence-corrected chi connectivity index (χ0v) is 22.4. The van der Waals surface area contributed by atoms with E-state index in [2.05, 4.69) is 15.3 Å². The maximum Gasteiger partial charge on any atom is 0.327 e. The van der Waals surface area contributed by atoms with Gasteiger partial charge in [0.05, 0.1) is 25.4 Å². The number of nitrogens with zero attached hydrogens (tertiary/aromatic N) is 4. The maximum absolute atomic E-state index is 13.1. The largest absolute Gasteiger partial charge is 0.439 e. The van der Waals surface area contributed by atoms with Gasteiger partial charge < -0.3 is 19.3 Å². The Morgan fingerprint density at radius 1 is 1.08 bits per heavy atom. The average molecular weight is 552 g/mol. The van der Waals surface area contributed by atoms with Crippen molar-refractivity contribution in [3.8, 4) is 11.6 Å². The minimum absolute atomic E-state index is 0.0963. The second kappa shape index (κ2) is 11.6. The first-order valence-electron chi connectivity index (χ1n) is 12.6. The van der Waals surface area contributed by atoms with Crippen LogP contribution >= 0.6 is 11.6 Å². The maximum atomic E-state index is 13.1. The third-order valence-corrected chi connectivity index (χ3v) is 6.55. The number of rotatable bonds is 7. The van der Waals surface area contributed by atoms with E-state index >= 15 is 0 Å². The van der Waals surface area contributed by atoms with Gasteiger partial charge in [0.2, 0.25) is 18.2 Å². The molecule has 204 valence electrons. The van der Waals surface area contributed by atoms with E-state index in [1.165, 1.54) is 4.90 Å². The Kier molecular flexibility index (Phi) is 7.99. The molecule has 0 aliphatic carbocycles. The van der Waals surface area contributed by atoms with Gasteiger partial charge >= 0.3 is 6.03 Å². The fraction of sp³-hybridized carbons (Fsp3) is 0.321. The molecule has 2 aromatic carbocycles. The second-order valence-corrected chi connectivity index (χ2v) is 10.2. The van der Waals surface area contributed by atoms with Gasteiger partial charge in [-0.3, -0.25) is 15.1 Å². The standard InChI is InChI=1S/C28H30ClN5O5/c1-28(2)37-17-20(18-38-28)16-34-26(35)32-25(33(27(34)36)15-19-6-8-21(29)9-7-19)31-22-10-12-23(13-11-22)39-24-5-3-4-14-30-24/h3-14,20,27,36H,15-18H2,1-2H3,(H,31,32,35). The summed E-state index contributed by atoms with van der Waals surface area (Å²) in [6.07, 6.45) is 0.385. The van der Waals surface area contributed by atoms with Gasteiger partial charge in [0.1, 0.15) is 5.75 Å². The molecule has 2 aliphatic rings. The number of aliphatic hydroxyl groups excluding tert-OH is 1. The number of amides is 2. The van der Waals surface area contributed by atoms with E-state index in [4.69, 9.17) is 25.8 Å². The van der Waals surface area contributed by atoms with Gasteiger partial charge in [-0.05, 0) is 61.9 Å². The van der Waals surface area contributed by atoms with Crippen LogP contribution in [-0.4, -0.2) is 63.8 Å². The number of aromatic nitrogens is 1. The van der Waals surface area contributed by atoms with Gasteiger partial charge in [-0.2, -0.15) is 0 Å². The van der Waals surface area contributed by atoms with Crippen LogP contribution in [0, 0.1) is 5.92 Å². The zero-order valence-electron chi connectivity index (χ0n) is 21.7. The Balaban J connectivity index is 1.36. The number of carbonyl (C=O) groups excluding carboxylic acids is 1. The SMILES string of the molecule is CC1(C)OCC(CN2C(=O)N/C(=N\c3ccc(Oc4ccccn4)cc3)N(Cc3ccc(Cl)cc3)C2O)CO1. The van der Waals surface area contributed by atoms with Crippen molar-refractivity contribution in [3.63, 3.8) is 0 Å². The predicted octanol–water partition coefficient (Wildman–Crippen LogP) is 4.72. The molecule has 1 atom stereocenters. The molecule has 2 saturated heterocycles. The monoisotopic (exact) mass is 551 g/mol. The van der Waals surface area contributed by atoms with Crippen LogP contribution < -0.4 is 10.1 Å². The van der Waals surface area contributed by atoms with Crippen molar-refractivity contribution in [1.82, 2.24) is 20.1 Å². The molecular weight excluding hydrogens is 522 g/mol. The van der Waals surface area contributed by atoms with Crippen molar-refractivity contribution in [2.45, 2.75) is 32.5 Å². The molecule has 2 fully saturated rings. The first-order chi connectivity index (χ1) is 18.8. The van der Waals surface area contributed by atoms with Crippen LogP contribution in [-0.2, 0) is 16.0 Å². The summed E-state index contributed by atoms with van der Waals surface area (Å²) in [6, 6.07) is 19.3. The van der Waals surface area contributed by atoms with E-state index in [0.717, 1.165) is 5.56 Å². The van der Waals surface area contributed by atoms with Gasteiger partial charge in [-0.1, -0.05) is 29.8 Å². The van der Waals surface area contributed by atoms with E-state index in [-0.39, 0.29) is 25.0 Å². The number of aliphatic imine (C=N–C) groups is 1. The molecule has 5 rings (SSSR count). The van der Waals surface area contributed by atoms with Crippen LogP contribution in [0.1, 0.15) is 19.4 Å². The summed E-state index contributed by atoms with van der Waals surface area (Å²) in [4.78, 5) is 24.9. The molecule has 10 nitrogen and oxygen atoms in total. The molecule has 0 spiro atoms. The number of ether oxygens (including phenoxy) is 3. The molecule has 1 unspecified atom stereocenters. The van der Waals surface area contributed by atoms with Gasteiger partial charge in [-0.15, -0.1) is 0 Å². The fourth-order valence-electron chi connectivity index (χ4n) is 4.18. The fourth-order valence-corrected chi connectivity index (χ4v) is 4.31. The summed E-state index contributed by atoms with van der Waals surface area (Å²) < 4.78 is 17.2. The smallest absolute Gasteiger partial charge is 0.327 e. The van der Waals surface area contributed by atoms with Crippen LogP contribution in [0.15, 0.2) is 77.9 Å². The Morgan fingerprint density at radius 3 is 2.46 bits per heavy atom. The molecule has 0 saturated carbocycles. The lowest BCUT2D eigenvalue weighted by atomic mass is 10.1. The Morgan fingerprint density at radius 2 is 1.79 bits per heavy atom. The van der Waals surface area contributed by atoms with E-state index in [9.17, 15) is 9.90 Å². The van der Waals surface area contributed by atoms with Gasteiger partial charge in [-0.25, -0.2) is 14.8 Å². The first kappa shape index (κ1) is 26.9. The number of hydrogen-bond donors (Lipinski definition) is 2. The van der Waals surface area contributed by atoms with Crippen molar-refractivity contribution >= 4 is 29.3 Å². The molecule has 39 heavy (non-hydrogen) atoms. The number of carbonyl (C=O) groups is 1. The molecule has 2 N–H and O–H groups in total. The van der Waals surface area contributed by atoms with Crippen molar-refractivity contribution in [2.75, 3.05) is 19.8 Å². The topological polar surface area (TPSA) is 109 Å². The number of pyridine rings is 1. The molecule has 1 aromatic heterocycles. The van der Waals surface area contributed by atoms with Crippen molar-refractivity contribution in [3.05, 3.63) is 83.5 Å². The molecular formula is C28H30ClN5O5. The molecule has 11 heteroatoms. The van der Waals surface area contributed by atoms with Crippen LogP contribution in [0.5, 0.6) is 11.6 Å². The quantitative estimate of drug-likeness (QED) is 0.437. The Bertz CT molecular complexity index is 1290. The minimum atomic E-state index is -1.27. The number of aliphatic hydroxyl groups is 1. The van der Waals surface area contributed by atoms with Crippen LogP contribution in [0.25, 0.3) is 0 Å². The van der Waals surface area contributed by atoms with E-state index in [0.29, 0.717) is 35.6 Å². The Labute approximate surface area is 231 Å². The average Bonchev–Trinajstić information content (AvgIpc) is 2.92. The summed E-state index contributed by atoms with van der Waals surface area (Å²) in [7, 11) is 0. The molecule has 3 aromatic rings. The van der Waals surface area contributed by atoms with Gasteiger partial charge in [0.15, 0.2) is 5.79 Å². The third kappa shape index (κ3) is 6.85. The van der Waals surface area contributed by atoms with E-state index in [1.54, 1.807) is 53.6 Å². The van der Waals surface area contributed by atoms with Crippen molar-refractivity contribution in [2.24, 2.45) is 10.9 Å². The summed E-state index contributed by atoms with van der Waals surface area (Å²) >= 11 is 6.06. The summed E-state index contributed by atoms with van der Waals surface area (Å²) in [5.41, 5.74) is 1.45. The molecule has 3 heterocycles. The van der Waals surface area contributed by atoms with Crippen molar-refractivity contribution in [1.29, 1.82) is 0 Å². The number of benzene rings is 2. The highest BCUT2D eigenvalue weighted by atomic mass is 35.5. The zero-order chi connectivity index (χ0) is 27.4. The summed E-state index contributed by atoms with van der Waals surface area (Å²) in [5, 5.41) is 14.8. The highest BCUT2D eigenvalue weighted by Gasteiger charge is 2.39. The molecule has 0 bridgehead atoms. The molecule has 0 radical (unpaired) electrons. The Hall–Kier alpha value is -3.70. The van der Waals surface area contributed by atoms with Crippen LogP contribution in [0.4, 0.5) is 10.5 Å². The van der Waals surface area contributed by atoms with E-state index < -0.39 is 18.2 Å². The highest BCUT2D eigenvalue weighted by molar-refractivity contribution is 6.30. The van der Waals surface area contributed by atoms with Crippen LogP contribution in [0.3, 0.4) is 0 Å². The minimum Gasteiger partial charge on any atom is -0.439 e. The van der Waals surface area contributed by atoms with Crippen molar-refractivity contribution < 1.29 is 24.1 Å². The lowest BCUT2D eigenvalue weighted by Crippen LogP contribution is -2.66.